The van der Waals surface area contributed by atoms with Gasteiger partial charge in [0.25, 0.3) is 5.35 Å². The molecule has 0 aliphatic carbocycles. The van der Waals surface area contributed by atoms with Gasteiger partial charge in [0.15, 0.2) is 17.7 Å². The normalized spacial score (nSPS) is 10.3. The predicted octanol–water partition coefficient (Wildman–Crippen LogP) is 3.46. The van der Waals surface area contributed by atoms with Crippen LogP contribution in [0.1, 0.15) is 10.5 Å². The third-order valence-electron chi connectivity index (χ3n) is 1.86. The van der Waals surface area contributed by atoms with E-state index in [9.17, 15) is 4.79 Å². The van der Waals surface area contributed by atoms with E-state index in [1.54, 1.807) is 24.3 Å². The van der Waals surface area contributed by atoms with Crippen molar-refractivity contribution in [2.24, 2.45) is 0 Å². The van der Waals surface area contributed by atoms with Crippen molar-refractivity contribution in [1.29, 1.82) is 0 Å². The Hall–Kier alpha value is -1.32. The Balaban J connectivity index is 2.63. The molecule has 0 atom stereocenters. The highest BCUT2D eigenvalue weighted by Gasteiger charge is 2.15. The van der Waals surface area contributed by atoms with Crippen LogP contribution in [0, 0.1) is 0 Å². The molecule has 3 nitrogen and oxygen atoms in total. The van der Waals surface area contributed by atoms with Gasteiger partial charge < -0.3 is 4.42 Å². The largest absolute Gasteiger partial charge is 0.427 e. The van der Waals surface area contributed by atoms with E-state index in [0.717, 1.165) is 0 Å². The van der Waals surface area contributed by atoms with Crippen LogP contribution in [0.2, 0.25) is 10.4 Å². The molecule has 1 aromatic heterocycles. The summed E-state index contributed by atoms with van der Waals surface area (Å²) < 4.78 is 5.11. The van der Waals surface area contributed by atoms with E-state index >= 15 is 0 Å². The minimum absolute atomic E-state index is 0.0768. The van der Waals surface area contributed by atoms with E-state index < -0.39 is 0 Å². The minimum Gasteiger partial charge on any atom is -0.427 e. The third kappa shape index (κ3) is 1.89. The summed E-state index contributed by atoms with van der Waals surface area (Å²) in [5.41, 5.74) is 0.744. The number of aldehydes is 1. The lowest BCUT2D eigenvalue weighted by atomic mass is 10.1. The molecule has 0 unspecified atom stereocenters. The monoisotopic (exact) mass is 241 g/mol. The summed E-state index contributed by atoms with van der Waals surface area (Å²) >= 11 is 11.5. The fourth-order valence-corrected chi connectivity index (χ4v) is 1.61. The molecule has 1 aromatic carbocycles. The van der Waals surface area contributed by atoms with E-state index in [4.69, 9.17) is 27.6 Å². The summed E-state index contributed by atoms with van der Waals surface area (Å²) in [5.74, 6) is 0.292. The first-order valence-electron chi connectivity index (χ1n) is 4.09. The summed E-state index contributed by atoms with van der Waals surface area (Å²) in [6.07, 6.45) is 0.577. The molecule has 0 aliphatic heterocycles. The zero-order valence-electron chi connectivity index (χ0n) is 7.41. The lowest BCUT2D eigenvalue weighted by Crippen LogP contribution is -1.84. The molecule has 15 heavy (non-hydrogen) atoms. The molecule has 0 amide bonds. The lowest BCUT2D eigenvalue weighted by molar-refractivity contribution is 0.112. The van der Waals surface area contributed by atoms with Gasteiger partial charge in [-0.2, -0.15) is 4.98 Å². The van der Waals surface area contributed by atoms with E-state index in [2.05, 4.69) is 4.98 Å². The number of aromatic nitrogens is 1. The van der Waals surface area contributed by atoms with Crippen molar-refractivity contribution in [2.45, 2.75) is 0 Å². The van der Waals surface area contributed by atoms with Gasteiger partial charge in [0, 0.05) is 5.56 Å². The summed E-state index contributed by atoms with van der Waals surface area (Å²) in [5, 5.41) is 0.403. The van der Waals surface area contributed by atoms with Crippen molar-refractivity contribution < 1.29 is 9.21 Å². The topological polar surface area (TPSA) is 43.1 Å². The zero-order chi connectivity index (χ0) is 10.8. The van der Waals surface area contributed by atoms with Crippen LogP contribution in [0.4, 0.5) is 0 Å². The molecule has 0 saturated heterocycles. The molecule has 76 valence electrons. The average molecular weight is 242 g/mol. The van der Waals surface area contributed by atoms with Gasteiger partial charge in [0.1, 0.15) is 0 Å². The van der Waals surface area contributed by atoms with Crippen LogP contribution in [0.5, 0.6) is 0 Å². The van der Waals surface area contributed by atoms with Crippen LogP contribution >= 0.6 is 23.2 Å². The van der Waals surface area contributed by atoms with Crippen molar-refractivity contribution in [1.82, 2.24) is 4.98 Å². The van der Waals surface area contributed by atoms with Crippen LogP contribution in [0.25, 0.3) is 11.3 Å². The second-order valence-corrected chi connectivity index (χ2v) is 3.51. The van der Waals surface area contributed by atoms with Crippen LogP contribution in [-0.2, 0) is 0 Å². The Kier molecular flexibility index (Phi) is 2.75. The Labute approximate surface area is 95.6 Å². The molecule has 2 rings (SSSR count). The van der Waals surface area contributed by atoms with Crippen LogP contribution in [-0.4, -0.2) is 11.3 Å². The predicted molar refractivity (Wildman–Crippen MR) is 57.3 cm³/mol. The Morgan fingerprint density at radius 3 is 2.67 bits per heavy atom. The number of hydrogen-bond acceptors (Lipinski definition) is 3. The summed E-state index contributed by atoms with van der Waals surface area (Å²) in [4.78, 5) is 14.4. The van der Waals surface area contributed by atoms with E-state index in [-0.39, 0.29) is 11.0 Å². The Morgan fingerprint density at radius 1 is 1.27 bits per heavy atom. The fraction of sp³-hybridized carbons (Fsp3) is 0. The highest BCUT2D eigenvalue weighted by atomic mass is 35.5. The summed E-state index contributed by atoms with van der Waals surface area (Å²) in [7, 11) is 0. The first-order valence-corrected chi connectivity index (χ1v) is 4.84. The molecule has 0 radical (unpaired) electrons. The van der Waals surface area contributed by atoms with Crippen LogP contribution < -0.4 is 0 Å². The first kappa shape index (κ1) is 10.2. The molecular formula is C10H5Cl2NO2. The molecule has 0 spiro atoms. The molecular weight excluding hydrogens is 237 g/mol. The maximum Gasteiger partial charge on any atom is 0.293 e. The molecule has 0 aliphatic rings. The Bertz CT molecular complexity index is 508. The van der Waals surface area contributed by atoms with E-state index in [1.165, 1.54) is 0 Å². The number of carbonyl (C=O) groups excluding carboxylic acids is 1. The van der Waals surface area contributed by atoms with Gasteiger partial charge in [0.2, 0.25) is 0 Å². The molecule has 0 N–H and O–H groups in total. The maximum atomic E-state index is 10.7. The van der Waals surface area contributed by atoms with E-state index in [1.807, 2.05) is 0 Å². The van der Waals surface area contributed by atoms with Crippen molar-refractivity contribution in [2.75, 3.05) is 0 Å². The van der Waals surface area contributed by atoms with Gasteiger partial charge in [0.05, 0.1) is 5.02 Å². The number of carbonyl (C=O) groups is 1. The van der Waals surface area contributed by atoms with Gasteiger partial charge in [-0.25, -0.2) is 0 Å². The lowest BCUT2D eigenvalue weighted by Gasteiger charge is -1.99. The third-order valence-corrected chi connectivity index (χ3v) is 2.35. The molecule has 1 heterocycles. The maximum absolute atomic E-state index is 10.7. The molecule has 0 bridgehead atoms. The Morgan fingerprint density at radius 2 is 2.00 bits per heavy atom. The standard InChI is InChI=1S/C10H5Cl2NO2/c11-7-4-2-1-3-6(7)9-8(5-14)13-10(12)15-9/h1-5H. The number of benzene rings is 1. The molecule has 0 saturated carbocycles. The number of nitrogens with zero attached hydrogens (tertiary/aromatic N) is 1. The minimum atomic E-state index is -0.0768. The molecule has 5 heteroatoms. The van der Waals surface area contributed by atoms with Crippen molar-refractivity contribution in [3.8, 4) is 11.3 Å². The zero-order valence-corrected chi connectivity index (χ0v) is 8.92. The fourth-order valence-electron chi connectivity index (χ4n) is 1.22. The first-order chi connectivity index (χ1) is 7.22. The van der Waals surface area contributed by atoms with Crippen molar-refractivity contribution >= 4 is 29.5 Å². The summed E-state index contributed by atoms with van der Waals surface area (Å²) in [6, 6.07) is 6.99. The second kappa shape index (κ2) is 4.04. The van der Waals surface area contributed by atoms with Gasteiger partial charge in [-0.15, -0.1) is 0 Å². The molecule has 2 aromatic rings. The van der Waals surface area contributed by atoms with Crippen molar-refractivity contribution in [3.05, 3.63) is 40.3 Å². The number of hydrogen-bond donors (Lipinski definition) is 0. The number of rotatable bonds is 2. The quantitative estimate of drug-likeness (QED) is 0.757. The smallest absolute Gasteiger partial charge is 0.293 e. The van der Waals surface area contributed by atoms with Gasteiger partial charge in [-0.05, 0) is 23.7 Å². The van der Waals surface area contributed by atoms with Gasteiger partial charge >= 0.3 is 0 Å². The number of oxazole rings is 1. The average Bonchev–Trinajstić information content (AvgIpc) is 2.60. The van der Waals surface area contributed by atoms with Crippen LogP contribution in [0.15, 0.2) is 28.7 Å². The SMILES string of the molecule is O=Cc1nc(Cl)oc1-c1ccccc1Cl. The van der Waals surface area contributed by atoms with Gasteiger partial charge in [-0.3, -0.25) is 4.79 Å². The number of halogens is 2. The van der Waals surface area contributed by atoms with Crippen LogP contribution in [0.3, 0.4) is 0 Å². The van der Waals surface area contributed by atoms with E-state index in [0.29, 0.717) is 22.6 Å². The second-order valence-electron chi connectivity index (χ2n) is 2.78. The highest BCUT2D eigenvalue weighted by Crippen LogP contribution is 2.31. The highest BCUT2D eigenvalue weighted by molar-refractivity contribution is 6.33. The van der Waals surface area contributed by atoms with Gasteiger partial charge in [-0.1, -0.05) is 23.7 Å². The molecule has 0 fully saturated rings. The van der Waals surface area contributed by atoms with Crippen molar-refractivity contribution in [3.63, 3.8) is 0 Å². The summed E-state index contributed by atoms with van der Waals surface area (Å²) in [6.45, 7) is 0.